The summed E-state index contributed by atoms with van der Waals surface area (Å²) in [6.07, 6.45) is 1.95. The number of likely N-dealkylation sites (N-methyl/N-ethyl adjacent to an activating group) is 1. The lowest BCUT2D eigenvalue weighted by Crippen LogP contribution is -2.48. The molecular weight excluding hydrogens is 216 g/mol. The van der Waals surface area contributed by atoms with Gasteiger partial charge in [0.2, 0.25) is 0 Å². The fourth-order valence-corrected chi connectivity index (χ4v) is 1.37. The standard InChI is InChI=1S/C9H18N2O3S/c1-4-14-9(13)7(10)8(12)11(2)5-6-15-3/h7H,4-6,10H2,1-3H3. The van der Waals surface area contributed by atoms with Crippen molar-refractivity contribution in [2.24, 2.45) is 5.73 Å². The average molecular weight is 234 g/mol. The van der Waals surface area contributed by atoms with E-state index in [1.54, 1.807) is 25.7 Å². The third-order valence-electron chi connectivity index (χ3n) is 1.81. The Kier molecular flexibility index (Phi) is 7.15. The molecule has 1 unspecified atom stereocenters. The highest BCUT2D eigenvalue weighted by atomic mass is 32.2. The number of esters is 1. The lowest BCUT2D eigenvalue weighted by atomic mass is 10.3. The van der Waals surface area contributed by atoms with Crippen LogP contribution in [-0.2, 0) is 14.3 Å². The van der Waals surface area contributed by atoms with Crippen LogP contribution in [0.3, 0.4) is 0 Å². The van der Waals surface area contributed by atoms with Gasteiger partial charge in [0, 0.05) is 19.3 Å². The number of rotatable bonds is 6. The molecule has 1 amide bonds. The summed E-state index contributed by atoms with van der Waals surface area (Å²) in [5.74, 6) is -0.251. The Balaban J connectivity index is 4.12. The van der Waals surface area contributed by atoms with E-state index in [9.17, 15) is 9.59 Å². The zero-order valence-corrected chi connectivity index (χ0v) is 10.2. The van der Waals surface area contributed by atoms with E-state index in [2.05, 4.69) is 4.74 Å². The van der Waals surface area contributed by atoms with Crippen molar-refractivity contribution < 1.29 is 14.3 Å². The number of thioether (sulfide) groups is 1. The van der Waals surface area contributed by atoms with Gasteiger partial charge in [0.15, 0.2) is 6.04 Å². The zero-order chi connectivity index (χ0) is 11.8. The molecule has 0 aromatic carbocycles. The van der Waals surface area contributed by atoms with Gasteiger partial charge in [0.25, 0.3) is 5.91 Å². The second-order valence-corrected chi connectivity index (χ2v) is 3.97. The summed E-state index contributed by atoms with van der Waals surface area (Å²) in [5.41, 5.74) is 5.45. The summed E-state index contributed by atoms with van der Waals surface area (Å²) in [7, 11) is 1.62. The van der Waals surface area contributed by atoms with Crippen molar-refractivity contribution in [2.75, 3.05) is 32.2 Å². The number of carbonyl (C=O) groups is 2. The number of nitrogens with zero attached hydrogens (tertiary/aromatic N) is 1. The molecule has 0 aliphatic heterocycles. The first-order chi connectivity index (χ1) is 7.04. The molecule has 0 saturated heterocycles. The lowest BCUT2D eigenvalue weighted by Gasteiger charge is -2.19. The quantitative estimate of drug-likeness (QED) is 0.504. The van der Waals surface area contributed by atoms with Crippen molar-refractivity contribution in [3.05, 3.63) is 0 Å². The minimum atomic E-state index is -1.20. The molecule has 0 radical (unpaired) electrons. The number of hydrogen-bond acceptors (Lipinski definition) is 5. The van der Waals surface area contributed by atoms with E-state index in [1.807, 2.05) is 6.26 Å². The van der Waals surface area contributed by atoms with Gasteiger partial charge in [-0.1, -0.05) is 0 Å². The van der Waals surface area contributed by atoms with Gasteiger partial charge in [0.05, 0.1) is 6.61 Å². The summed E-state index contributed by atoms with van der Waals surface area (Å²) >= 11 is 1.63. The number of nitrogens with two attached hydrogens (primary N) is 1. The lowest BCUT2D eigenvalue weighted by molar-refractivity contribution is -0.150. The van der Waals surface area contributed by atoms with Crippen LogP contribution in [-0.4, -0.2) is 55.0 Å². The highest BCUT2D eigenvalue weighted by Gasteiger charge is 2.25. The van der Waals surface area contributed by atoms with Gasteiger partial charge in [-0.3, -0.25) is 4.79 Å². The molecule has 6 heteroatoms. The third kappa shape index (κ3) is 5.03. The smallest absolute Gasteiger partial charge is 0.332 e. The minimum Gasteiger partial charge on any atom is -0.464 e. The first kappa shape index (κ1) is 14.2. The number of carbonyl (C=O) groups excluding carboxylic acids is 2. The van der Waals surface area contributed by atoms with E-state index >= 15 is 0 Å². The fourth-order valence-electron chi connectivity index (χ4n) is 0.909. The van der Waals surface area contributed by atoms with E-state index in [0.29, 0.717) is 6.54 Å². The molecule has 0 spiro atoms. The van der Waals surface area contributed by atoms with Crippen molar-refractivity contribution in [2.45, 2.75) is 13.0 Å². The Labute approximate surface area is 94.3 Å². The number of amides is 1. The first-order valence-corrected chi connectivity index (χ1v) is 6.10. The molecular formula is C9H18N2O3S. The Hall–Kier alpha value is -0.750. The van der Waals surface area contributed by atoms with E-state index in [1.165, 1.54) is 4.90 Å². The third-order valence-corrected chi connectivity index (χ3v) is 2.40. The van der Waals surface area contributed by atoms with Crippen LogP contribution in [0.5, 0.6) is 0 Å². The highest BCUT2D eigenvalue weighted by Crippen LogP contribution is 1.97. The highest BCUT2D eigenvalue weighted by molar-refractivity contribution is 7.98. The predicted octanol–water partition coefficient (Wildman–Crippen LogP) is -0.302. The summed E-state index contributed by atoms with van der Waals surface area (Å²) in [6.45, 7) is 2.48. The minimum absolute atomic E-state index is 0.230. The van der Waals surface area contributed by atoms with Gasteiger partial charge in [-0.05, 0) is 13.2 Å². The maximum absolute atomic E-state index is 11.6. The van der Waals surface area contributed by atoms with Crippen molar-refractivity contribution >= 4 is 23.6 Å². The van der Waals surface area contributed by atoms with Crippen molar-refractivity contribution in [3.63, 3.8) is 0 Å². The Morgan fingerprint density at radius 3 is 2.60 bits per heavy atom. The molecule has 88 valence electrons. The second-order valence-electron chi connectivity index (χ2n) is 2.98. The zero-order valence-electron chi connectivity index (χ0n) is 9.36. The van der Waals surface area contributed by atoms with Gasteiger partial charge in [-0.2, -0.15) is 11.8 Å². The monoisotopic (exact) mass is 234 g/mol. The van der Waals surface area contributed by atoms with E-state index in [-0.39, 0.29) is 6.61 Å². The maximum atomic E-state index is 11.6. The van der Waals surface area contributed by atoms with Crippen molar-refractivity contribution in [3.8, 4) is 0 Å². The van der Waals surface area contributed by atoms with Crippen LogP contribution in [0.25, 0.3) is 0 Å². The molecule has 0 rings (SSSR count). The molecule has 0 aliphatic carbocycles. The van der Waals surface area contributed by atoms with Crippen LogP contribution in [0.2, 0.25) is 0 Å². The van der Waals surface area contributed by atoms with Crippen LogP contribution in [0, 0.1) is 0 Å². The fraction of sp³-hybridized carbons (Fsp3) is 0.778. The largest absolute Gasteiger partial charge is 0.464 e. The molecule has 0 heterocycles. The second kappa shape index (κ2) is 7.53. The number of hydrogen-bond donors (Lipinski definition) is 1. The van der Waals surface area contributed by atoms with Gasteiger partial charge >= 0.3 is 5.97 Å². The normalized spacial score (nSPS) is 12.0. The van der Waals surface area contributed by atoms with Crippen LogP contribution >= 0.6 is 11.8 Å². The average Bonchev–Trinajstić information content (AvgIpc) is 2.24. The summed E-state index contributed by atoms with van der Waals surface area (Å²) in [4.78, 5) is 24.2. The van der Waals surface area contributed by atoms with Crippen LogP contribution in [0.15, 0.2) is 0 Å². The van der Waals surface area contributed by atoms with Crippen molar-refractivity contribution in [1.82, 2.24) is 4.90 Å². The molecule has 0 aliphatic rings. The van der Waals surface area contributed by atoms with E-state index in [4.69, 9.17) is 5.73 Å². The van der Waals surface area contributed by atoms with Gasteiger partial charge in [-0.15, -0.1) is 0 Å². The van der Waals surface area contributed by atoms with Crippen LogP contribution in [0.1, 0.15) is 6.92 Å². The molecule has 0 fully saturated rings. The topological polar surface area (TPSA) is 72.6 Å². The molecule has 0 saturated carbocycles. The van der Waals surface area contributed by atoms with Crippen molar-refractivity contribution in [1.29, 1.82) is 0 Å². The molecule has 1 atom stereocenters. The summed E-state index contributed by atoms with van der Waals surface area (Å²) < 4.78 is 4.66. The maximum Gasteiger partial charge on any atom is 0.332 e. The van der Waals surface area contributed by atoms with Crippen LogP contribution in [0.4, 0.5) is 0 Å². The SMILES string of the molecule is CCOC(=O)C(N)C(=O)N(C)CCSC. The van der Waals surface area contributed by atoms with Gasteiger partial charge < -0.3 is 15.4 Å². The number of ether oxygens (including phenoxy) is 1. The van der Waals surface area contributed by atoms with E-state index in [0.717, 1.165) is 5.75 Å². The molecule has 0 bridgehead atoms. The van der Waals surface area contributed by atoms with Crippen LogP contribution < -0.4 is 5.73 Å². The Bertz CT molecular complexity index is 223. The predicted molar refractivity (Wildman–Crippen MR) is 60.6 cm³/mol. The van der Waals surface area contributed by atoms with Gasteiger partial charge in [0.1, 0.15) is 0 Å². The van der Waals surface area contributed by atoms with Gasteiger partial charge in [-0.25, -0.2) is 4.79 Å². The Morgan fingerprint density at radius 2 is 2.13 bits per heavy atom. The molecule has 15 heavy (non-hydrogen) atoms. The summed E-state index contributed by atoms with van der Waals surface area (Å²) in [5, 5.41) is 0. The molecule has 0 aromatic rings. The molecule has 0 aromatic heterocycles. The summed E-state index contributed by atoms with van der Waals surface area (Å²) in [6, 6.07) is -1.20. The first-order valence-electron chi connectivity index (χ1n) is 4.70. The Morgan fingerprint density at radius 1 is 1.53 bits per heavy atom. The molecule has 2 N–H and O–H groups in total. The van der Waals surface area contributed by atoms with E-state index < -0.39 is 17.9 Å². The molecule has 5 nitrogen and oxygen atoms in total.